The monoisotopic (exact) mass is 283 g/mol. The van der Waals surface area contributed by atoms with Crippen molar-refractivity contribution in [2.45, 2.75) is 31.2 Å². The van der Waals surface area contributed by atoms with Gasteiger partial charge in [0.15, 0.2) is 0 Å². The van der Waals surface area contributed by atoms with Crippen molar-refractivity contribution in [3.63, 3.8) is 0 Å². The van der Waals surface area contributed by atoms with Gasteiger partial charge in [-0.1, -0.05) is 67.6 Å². The minimum absolute atomic E-state index is 0.0331. The fourth-order valence-electron chi connectivity index (χ4n) is 3.05. The van der Waals surface area contributed by atoms with Crippen LogP contribution in [0.1, 0.15) is 30.5 Å². The average molecular weight is 283 g/mol. The molecular formula is C18H21NO2. The minimum atomic E-state index is -0.984. The normalized spacial score (nSPS) is 25.8. The van der Waals surface area contributed by atoms with Crippen LogP contribution < -0.4 is 0 Å². The fourth-order valence-corrected chi connectivity index (χ4v) is 3.05. The Morgan fingerprint density at radius 3 is 1.90 bits per heavy atom. The lowest BCUT2D eigenvalue weighted by Gasteiger charge is -2.54. The molecule has 0 saturated carbocycles. The summed E-state index contributed by atoms with van der Waals surface area (Å²) in [7, 11) is 0. The second-order valence-electron chi connectivity index (χ2n) is 5.73. The van der Waals surface area contributed by atoms with Gasteiger partial charge in [0.2, 0.25) is 0 Å². The Morgan fingerprint density at radius 2 is 1.52 bits per heavy atom. The molecular weight excluding hydrogens is 262 g/mol. The molecule has 3 rings (SSSR count). The van der Waals surface area contributed by atoms with Gasteiger partial charge >= 0.3 is 0 Å². The van der Waals surface area contributed by atoms with Crippen molar-refractivity contribution < 1.29 is 10.2 Å². The third kappa shape index (κ3) is 2.48. The first-order valence-electron chi connectivity index (χ1n) is 7.42. The third-order valence-electron chi connectivity index (χ3n) is 4.43. The van der Waals surface area contributed by atoms with E-state index < -0.39 is 11.8 Å². The zero-order valence-corrected chi connectivity index (χ0v) is 12.2. The highest BCUT2D eigenvalue weighted by Crippen LogP contribution is 2.40. The van der Waals surface area contributed by atoms with Crippen LogP contribution in [0.2, 0.25) is 0 Å². The second kappa shape index (κ2) is 5.60. The van der Waals surface area contributed by atoms with E-state index in [0.29, 0.717) is 13.0 Å². The zero-order valence-electron chi connectivity index (χ0n) is 12.2. The molecule has 2 atom stereocenters. The Morgan fingerprint density at radius 1 is 1.05 bits per heavy atom. The van der Waals surface area contributed by atoms with Crippen molar-refractivity contribution >= 4 is 0 Å². The summed E-state index contributed by atoms with van der Waals surface area (Å²) in [4.78, 5) is 1.95. The minimum Gasteiger partial charge on any atom is -0.384 e. The molecule has 0 amide bonds. The van der Waals surface area contributed by atoms with Gasteiger partial charge < -0.3 is 10.2 Å². The number of likely N-dealkylation sites (tertiary alicyclic amines) is 1. The first-order chi connectivity index (χ1) is 10.2. The molecule has 0 spiro atoms. The molecule has 0 bridgehead atoms. The number of rotatable bonds is 4. The van der Waals surface area contributed by atoms with Crippen molar-refractivity contribution in [1.82, 2.24) is 4.90 Å². The molecule has 21 heavy (non-hydrogen) atoms. The van der Waals surface area contributed by atoms with Gasteiger partial charge in [0, 0.05) is 6.54 Å². The van der Waals surface area contributed by atoms with Crippen LogP contribution >= 0.6 is 0 Å². The zero-order chi connectivity index (χ0) is 14.9. The molecule has 1 saturated heterocycles. The van der Waals surface area contributed by atoms with Crippen molar-refractivity contribution in [2.75, 3.05) is 6.54 Å². The molecule has 1 aliphatic rings. The van der Waals surface area contributed by atoms with Crippen LogP contribution in [0.15, 0.2) is 60.7 Å². The summed E-state index contributed by atoms with van der Waals surface area (Å²) in [6, 6.07) is 20.2. The van der Waals surface area contributed by atoms with Crippen molar-refractivity contribution in [1.29, 1.82) is 0 Å². The smallest absolute Gasteiger partial charge is 0.138 e. The molecule has 2 unspecified atom stereocenters. The van der Waals surface area contributed by atoms with E-state index in [-0.39, 0.29) is 6.04 Å². The number of benzene rings is 2. The van der Waals surface area contributed by atoms with E-state index in [0.717, 1.165) is 11.1 Å². The van der Waals surface area contributed by atoms with Gasteiger partial charge in [-0.25, -0.2) is 0 Å². The topological polar surface area (TPSA) is 43.7 Å². The summed E-state index contributed by atoms with van der Waals surface area (Å²) in [6.45, 7) is 2.39. The Labute approximate surface area is 125 Å². The van der Waals surface area contributed by atoms with Gasteiger partial charge in [0.05, 0.1) is 6.04 Å². The number of hydrogen-bond acceptors (Lipinski definition) is 3. The molecule has 0 aliphatic carbocycles. The predicted octanol–water partition coefficient (Wildman–Crippen LogP) is 2.55. The van der Waals surface area contributed by atoms with Crippen LogP contribution in [0.25, 0.3) is 0 Å². The van der Waals surface area contributed by atoms with E-state index in [9.17, 15) is 10.2 Å². The van der Waals surface area contributed by atoms with Gasteiger partial charge in [0.25, 0.3) is 0 Å². The average Bonchev–Trinajstić information content (AvgIpc) is 2.56. The maximum absolute atomic E-state index is 10.4. The van der Waals surface area contributed by atoms with Gasteiger partial charge in [-0.3, -0.25) is 4.90 Å². The molecule has 2 aromatic rings. The standard InChI is InChI=1S/C18H21NO2/c1-2-18(21)13-19(17(18)20)16(14-9-5-3-6-10-14)15-11-7-4-8-12-15/h3-12,16-17,20-21H,2,13H2,1H3. The highest BCUT2D eigenvalue weighted by Gasteiger charge is 2.52. The number of hydrogen-bond donors (Lipinski definition) is 2. The SMILES string of the molecule is CCC1(O)CN(C(c2ccccc2)c2ccccc2)C1O. The summed E-state index contributed by atoms with van der Waals surface area (Å²) >= 11 is 0. The Kier molecular flexibility index (Phi) is 3.81. The number of aliphatic hydroxyl groups excluding tert-OH is 1. The van der Waals surface area contributed by atoms with Crippen LogP contribution in [0.4, 0.5) is 0 Å². The maximum Gasteiger partial charge on any atom is 0.138 e. The van der Waals surface area contributed by atoms with Gasteiger partial charge in [0.1, 0.15) is 11.8 Å². The Hall–Kier alpha value is -1.68. The number of β-amino-alcohol motifs (C(OH)–C–C–N with tert-alkyl or cyclic N) is 1. The van der Waals surface area contributed by atoms with E-state index >= 15 is 0 Å². The van der Waals surface area contributed by atoms with Crippen molar-refractivity contribution in [2.24, 2.45) is 0 Å². The molecule has 0 radical (unpaired) electrons. The van der Waals surface area contributed by atoms with Gasteiger partial charge in [-0.05, 0) is 17.5 Å². The molecule has 3 nitrogen and oxygen atoms in total. The van der Waals surface area contributed by atoms with Crippen LogP contribution in [-0.2, 0) is 0 Å². The molecule has 3 heteroatoms. The highest BCUT2D eigenvalue weighted by atomic mass is 16.4. The fraction of sp³-hybridized carbons (Fsp3) is 0.333. The quantitative estimate of drug-likeness (QED) is 0.906. The molecule has 1 aliphatic heterocycles. The highest BCUT2D eigenvalue weighted by molar-refractivity contribution is 5.33. The molecule has 0 aromatic heterocycles. The molecule has 1 fully saturated rings. The van der Waals surface area contributed by atoms with E-state index in [1.807, 2.05) is 48.2 Å². The maximum atomic E-state index is 10.4. The first-order valence-corrected chi connectivity index (χ1v) is 7.42. The molecule has 2 N–H and O–H groups in total. The number of aliphatic hydroxyl groups is 2. The van der Waals surface area contributed by atoms with Crippen molar-refractivity contribution in [3.8, 4) is 0 Å². The lowest BCUT2D eigenvalue weighted by molar-refractivity contribution is -0.251. The predicted molar refractivity (Wildman–Crippen MR) is 82.7 cm³/mol. The molecule has 110 valence electrons. The Balaban J connectivity index is 1.96. The molecule has 2 aromatic carbocycles. The Bertz CT molecular complexity index is 547. The van der Waals surface area contributed by atoms with Crippen LogP contribution in [-0.4, -0.2) is 33.5 Å². The second-order valence-corrected chi connectivity index (χ2v) is 5.73. The largest absolute Gasteiger partial charge is 0.384 e. The van der Waals surface area contributed by atoms with Crippen LogP contribution in [0.5, 0.6) is 0 Å². The van der Waals surface area contributed by atoms with Crippen LogP contribution in [0.3, 0.4) is 0 Å². The lowest BCUT2D eigenvalue weighted by atomic mass is 9.84. The van der Waals surface area contributed by atoms with Crippen molar-refractivity contribution in [3.05, 3.63) is 71.8 Å². The van der Waals surface area contributed by atoms with Gasteiger partial charge in [-0.2, -0.15) is 0 Å². The van der Waals surface area contributed by atoms with Gasteiger partial charge in [-0.15, -0.1) is 0 Å². The first kappa shape index (κ1) is 14.3. The van der Waals surface area contributed by atoms with Crippen LogP contribution in [0, 0.1) is 0 Å². The summed E-state index contributed by atoms with van der Waals surface area (Å²) in [6.07, 6.45) is -0.269. The summed E-state index contributed by atoms with van der Waals surface area (Å²) in [5.41, 5.74) is 1.27. The summed E-state index contributed by atoms with van der Waals surface area (Å²) in [5.74, 6) is 0. The van der Waals surface area contributed by atoms with E-state index in [4.69, 9.17) is 0 Å². The number of nitrogens with zero attached hydrogens (tertiary/aromatic N) is 1. The van der Waals surface area contributed by atoms with E-state index in [1.54, 1.807) is 0 Å². The lowest BCUT2D eigenvalue weighted by Crippen LogP contribution is -2.70. The third-order valence-corrected chi connectivity index (χ3v) is 4.43. The van der Waals surface area contributed by atoms with E-state index in [2.05, 4.69) is 24.3 Å². The summed E-state index contributed by atoms with van der Waals surface area (Å²) in [5, 5.41) is 20.7. The van der Waals surface area contributed by atoms with E-state index in [1.165, 1.54) is 0 Å². The summed E-state index contributed by atoms with van der Waals surface area (Å²) < 4.78 is 0. The molecule has 1 heterocycles.